The van der Waals surface area contributed by atoms with E-state index in [1.54, 1.807) is 0 Å². The van der Waals surface area contributed by atoms with E-state index >= 15 is 0 Å². The van der Waals surface area contributed by atoms with Gasteiger partial charge in [0.05, 0.1) is 20.1 Å². The van der Waals surface area contributed by atoms with Crippen molar-refractivity contribution in [2.45, 2.75) is 64.6 Å². The Morgan fingerprint density at radius 3 is 2.90 bits per heavy atom. The Bertz CT molecular complexity index is 1130. The molecule has 3 heterocycles. The molecule has 0 saturated heterocycles. The predicted octanol–water partition coefficient (Wildman–Crippen LogP) is 3.20. The Balaban J connectivity index is 1.70. The maximum Gasteiger partial charge on any atom is 0.262 e. The number of fused-ring (bicyclic) bond motifs is 4. The maximum absolute atomic E-state index is 13.3. The number of aryl methyl sites for hydroxylation is 1. The summed E-state index contributed by atoms with van der Waals surface area (Å²) in [5.41, 5.74) is 0.107. The molecule has 0 aliphatic carbocycles. The Morgan fingerprint density at radius 2 is 2.13 bits per heavy atom. The predicted molar refractivity (Wildman–Crippen MR) is 125 cm³/mol. The molecular weight excluding hydrogens is 466 g/mol. The molecule has 0 spiro atoms. The van der Waals surface area contributed by atoms with Gasteiger partial charge in [-0.15, -0.1) is 11.3 Å². The second kappa shape index (κ2) is 8.57. The maximum atomic E-state index is 13.3. The first kappa shape index (κ1) is 21.7. The number of ether oxygens (including phenoxy) is 1. The minimum atomic E-state index is -0.583. The van der Waals surface area contributed by atoms with Crippen LogP contribution >= 0.6 is 27.3 Å². The first-order valence-electron chi connectivity index (χ1n) is 10.5. The van der Waals surface area contributed by atoms with Crippen molar-refractivity contribution in [1.82, 2.24) is 9.55 Å². The lowest BCUT2D eigenvalue weighted by Crippen LogP contribution is -2.96. The van der Waals surface area contributed by atoms with Gasteiger partial charge in [0.15, 0.2) is 5.75 Å². The largest absolute Gasteiger partial charge is 0.488 e. The van der Waals surface area contributed by atoms with E-state index in [1.807, 2.05) is 16.7 Å². The Hall–Kier alpha value is -1.48. The molecule has 1 aromatic carbocycles. The fourth-order valence-corrected chi connectivity index (χ4v) is 5.60. The molecule has 8 heteroatoms. The summed E-state index contributed by atoms with van der Waals surface area (Å²) in [6.45, 7) is 7.85. The van der Waals surface area contributed by atoms with E-state index in [2.05, 4.69) is 42.0 Å². The van der Waals surface area contributed by atoms with Gasteiger partial charge < -0.3 is 15.2 Å². The van der Waals surface area contributed by atoms with Crippen molar-refractivity contribution >= 4 is 47.6 Å². The molecule has 1 aliphatic rings. The van der Waals surface area contributed by atoms with Crippen LogP contribution in [0.3, 0.4) is 0 Å². The molecule has 0 bridgehead atoms. The molecule has 162 valence electrons. The third-order valence-electron chi connectivity index (χ3n) is 5.45. The number of hydrogen-bond acceptors (Lipinski definition) is 5. The van der Waals surface area contributed by atoms with Crippen LogP contribution in [-0.4, -0.2) is 39.5 Å². The molecule has 30 heavy (non-hydrogen) atoms. The van der Waals surface area contributed by atoms with Crippen molar-refractivity contribution < 1.29 is 15.2 Å². The quantitative estimate of drug-likeness (QED) is 0.570. The van der Waals surface area contributed by atoms with Crippen LogP contribution in [0.2, 0.25) is 0 Å². The van der Waals surface area contributed by atoms with E-state index in [0.29, 0.717) is 17.7 Å². The van der Waals surface area contributed by atoms with Crippen molar-refractivity contribution in [2.75, 3.05) is 13.2 Å². The van der Waals surface area contributed by atoms with Gasteiger partial charge in [-0.2, -0.15) is 0 Å². The highest BCUT2D eigenvalue weighted by Gasteiger charge is 2.22. The molecule has 4 rings (SSSR count). The second-order valence-electron chi connectivity index (χ2n) is 9.10. The van der Waals surface area contributed by atoms with E-state index in [9.17, 15) is 9.90 Å². The normalized spacial score (nSPS) is 15.9. The number of halogens is 1. The lowest BCUT2D eigenvalue weighted by molar-refractivity contribution is -0.722. The van der Waals surface area contributed by atoms with Crippen molar-refractivity contribution in [3.63, 3.8) is 0 Å². The number of aliphatic hydroxyl groups excluding tert-OH is 1. The van der Waals surface area contributed by atoms with Crippen LogP contribution < -0.4 is 15.6 Å². The average molecular weight is 495 g/mol. The van der Waals surface area contributed by atoms with E-state index < -0.39 is 6.10 Å². The molecule has 0 radical (unpaired) electrons. The summed E-state index contributed by atoms with van der Waals surface area (Å²) < 4.78 is 9.62. The monoisotopic (exact) mass is 494 g/mol. The summed E-state index contributed by atoms with van der Waals surface area (Å²) >= 11 is 5.08. The molecule has 3 aromatic rings. The van der Waals surface area contributed by atoms with Crippen molar-refractivity contribution in [3.05, 3.63) is 32.8 Å². The van der Waals surface area contributed by atoms with Gasteiger partial charge in [0.2, 0.25) is 0 Å². The zero-order chi connectivity index (χ0) is 21.5. The van der Waals surface area contributed by atoms with Crippen molar-refractivity contribution in [2.24, 2.45) is 0 Å². The summed E-state index contributed by atoms with van der Waals surface area (Å²) in [6, 6.07) is 3.87. The molecular formula is C22H29BrN3O3S+. The minimum Gasteiger partial charge on any atom is -0.488 e. The van der Waals surface area contributed by atoms with Crippen LogP contribution in [0, 0.1) is 0 Å². The number of hydrogen-bond donors (Lipinski definition) is 2. The van der Waals surface area contributed by atoms with Gasteiger partial charge in [-0.05, 0) is 55.6 Å². The molecule has 1 aliphatic heterocycles. The third kappa shape index (κ3) is 4.42. The molecule has 6 nitrogen and oxygen atoms in total. The molecule has 1 atom stereocenters. The van der Waals surface area contributed by atoms with Gasteiger partial charge in [0.1, 0.15) is 29.9 Å². The first-order chi connectivity index (χ1) is 14.2. The van der Waals surface area contributed by atoms with Gasteiger partial charge in [-0.3, -0.25) is 9.36 Å². The summed E-state index contributed by atoms with van der Waals surface area (Å²) in [4.78, 5) is 18.9. The highest BCUT2D eigenvalue weighted by molar-refractivity contribution is 9.10. The van der Waals surface area contributed by atoms with E-state index in [4.69, 9.17) is 9.72 Å². The highest BCUT2D eigenvalue weighted by Crippen LogP contribution is 2.41. The molecule has 0 fully saturated rings. The standard InChI is InChI=1S/C22H28BrN3O3S/c1-22(2,3)24-11-13(27)12-29-18-15(23)9-8-14-17-20(30-19(14)18)25-16-7-5-4-6-10-26(16)21(17)28/h8-9,13,24,27H,4-7,10-12H2,1-3H3/p+1/t13-/m0/s1. The number of quaternary nitrogens is 1. The Morgan fingerprint density at radius 1 is 1.33 bits per heavy atom. The SMILES string of the molecule is CC(C)(C)[NH2+]C[C@H](O)COc1c(Br)ccc2c1sc1nc3n(c(=O)c12)CCCCC3. The summed E-state index contributed by atoms with van der Waals surface area (Å²) in [5.74, 6) is 1.57. The van der Waals surface area contributed by atoms with Crippen LogP contribution in [-0.2, 0) is 13.0 Å². The number of nitrogens with two attached hydrogens (primary N) is 1. The third-order valence-corrected chi connectivity index (χ3v) is 7.17. The number of nitrogens with zero attached hydrogens (tertiary/aromatic N) is 2. The lowest BCUT2D eigenvalue weighted by Gasteiger charge is -2.20. The van der Waals surface area contributed by atoms with Crippen LogP contribution in [0.25, 0.3) is 20.3 Å². The number of aliphatic hydroxyl groups is 1. The Kier molecular flexibility index (Phi) is 6.21. The van der Waals surface area contributed by atoms with Crippen LogP contribution in [0.4, 0.5) is 0 Å². The average Bonchev–Trinajstić information content (AvgIpc) is 2.88. The smallest absolute Gasteiger partial charge is 0.262 e. The fraction of sp³-hybridized carbons (Fsp3) is 0.545. The second-order valence-corrected chi connectivity index (χ2v) is 11.0. The zero-order valence-corrected chi connectivity index (χ0v) is 20.1. The van der Waals surface area contributed by atoms with Gasteiger partial charge in [-0.25, -0.2) is 4.98 Å². The first-order valence-corrected chi connectivity index (χ1v) is 12.2. The van der Waals surface area contributed by atoms with Gasteiger partial charge in [0.25, 0.3) is 5.56 Å². The van der Waals surface area contributed by atoms with Crippen LogP contribution in [0.15, 0.2) is 21.4 Å². The van der Waals surface area contributed by atoms with Gasteiger partial charge >= 0.3 is 0 Å². The number of aromatic nitrogens is 2. The number of rotatable bonds is 5. The van der Waals surface area contributed by atoms with E-state index in [1.165, 1.54) is 11.3 Å². The molecule has 0 amide bonds. The molecule has 0 unspecified atom stereocenters. The molecule has 2 aromatic heterocycles. The molecule has 0 saturated carbocycles. The lowest BCUT2D eigenvalue weighted by atomic mass is 10.1. The van der Waals surface area contributed by atoms with Gasteiger partial charge in [0, 0.05) is 18.4 Å². The van der Waals surface area contributed by atoms with Crippen molar-refractivity contribution in [1.29, 1.82) is 0 Å². The van der Waals surface area contributed by atoms with E-state index in [0.717, 1.165) is 57.4 Å². The van der Waals surface area contributed by atoms with Gasteiger partial charge in [-0.1, -0.05) is 12.5 Å². The highest BCUT2D eigenvalue weighted by atomic mass is 79.9. The van der Waals surface area contributed by atoms with Crippen molar-refractivity contribution in [3.8, 4) is 5.75 Å². The van der Waals surface area contributed by atoms with Crippen LogP contribution in [0.1, 0.15) is 45.9 Å². The fourth-order valence-electron chi connectivity index (χ4n) is 3.84. The molecule has 3 N–H and O–H groups in total. The summed E-state index contributed by atoms with van der Waals surface area (Å²) in [6.07, 6.45) is 3.50. The zero-order valence-electron chi connectivity index (χ0n) is 17.7. The van der Waals surface area contributed by atoms with E-state index in [-0.39, 0.29) is 17.7 Å². The summed E-state index contributed by atoms with van der Waals surface area (Å²) in [5, 5.41) is 14.0. The number of benzene rings is 1. The Labute approximate surface area is 188 Å². The minimum absolute atomic E-state index is 0.0521. The topological polar surface area (TPSA) is 81.0 Å². The number of thiophene rings is 1. The summed E-state index contributed by atoms with van der Waals surface area (Å²) in [7, 11) is 0. The van der Waals surface area contributed by atoms with Crippen LogP contribution in [0.5, 0.6) is 5.75 Å².